The molecule has 4 N–H and O–H groups in total. The van der Waals surface area contributed by atoms with Gasteiger partial charge in [0.2, 0.25) is 0 Å². The number of hydrogen-bond acceptors (Lipinski definition) is 16. The third-order valence-electron chi connectivity index (χ3n) is 4.84. The second kappa shape index (κ2) is 13.0. The van der Waals surface area contributed by atoms with E-state index >= 15 is 0 Å². The van der Waals surface area contributed by atoms with Crippen molar-refractivity contribution < 1.29 is 66.8 Å². The first-order valence-electron chi connectivity index (χ1n) is 8.81. The van der Waals surface area contributed by atoms with Crippen LogP contribution in [0.2, 0.25) is 0 Å². The van der Waals surface area contributed by atoms with Crippen LogP contribution in [0.3, 0.4) is 0 Å². The first-order chi connectivity index (χ1) is 14.3. The normalized spacial score (nSPS) is 42.4. The number of rotatable bonds is 11. The van der Waals surface area contributed by atoms with Crippen LogP contribution in [0.4, 0.5) is 0 Å². The lowest BCUT2D eigenvalue weighted by Gasteiger charge is -2.46. The highest BCUT2D eigenvalue weighted by Crippen LogP contribution is 2.35. The molecule has 0 radical (unpaired) electrons. The Morgan fingerprint density at radius 2 is 1.27 bits per heavy atom. The van der Waals surface area contributed by atoms with Gasteiger partial charge in [-0.3, -0.25) is 8.37 Å². The molecule has 2 rings (SSSR count). The Balaban J connectivity index is 2.09. The molecule has 10 atom stereocenters. The third kappa shape index (κ3) is 6.58. The van der Waals surface area contributed by atoms with Gasteiger partial charge in [0, 0.05) is 13.0 Å². The van der Waals surface area contributed by atoms with Gasteiger partial charge < -0.3 is 29.2 Å². The lowest BCUT2D eigenvalue weighted by Crippen LogP contribution is -2.62. The van der Waals surface area contributed by atoms with Gasteiger partial charge in [-0.25, -0.2) is 10.5 Å². The van der Waals surface area contributed by atoms with Crippen LogP contribution >= 0.6 is 24.6 Å². The molecule has 0 bridgehead atoms. The highest BCUT2D eigenvalue weighted by Gasteiger charge is 2.50. The minimum absolute atomic E-state index is 0.297. The lowest BCUT2D eigenvalue weighted by atomic mass is 9.91. The molecule has 2 heterocycles. The van der Waals surface area contributed by atoms with Crippen LogP contribution in [0, 0.1) is 5.92 Å². The number of ether oxygens (including phenoxy) is 4. The van der Waals surface area contributed by atoms with E-state index in [1.165, 1.54) is 7.11 Å². The Kier molecular flexibility index (Phi) is 11.4. The zero-order valence-electron chi connectivity index (χ0n) is 16.5. The highest BCUT2D eigenvalue weighted by atomic mass is 32.2. The molecule has 0 amide bonds. The predicted molar refractivity (Wildman–Crippen MR) is 96.3 cm³/mol. The molecule has 2 fully saturated rings. The van der Waals surface area contributed by atoms with E-state index in [4.69, 9.17) is 37.8 Å². The molecule has 0 aromatic carbocycles. The van der Waals surface area contributed by atoms with Crippen molar-refractivity contribution in [3.05, 3.63) is 0 Å². The summed E-state index contributed by atoms with van der Waals surface area (Å²) >= 11 is 0.673. The average Bonchev–Trinajstić information content (AvgIpc) is 2.72. The van der Waals surface area contributed by atoms with Crippen LogP contribution in [0.25, 0.3) is 0 Å². The van der Waals surface area contributed by atoms with Crippen molar-refractivity contribution in [2.75, 3.05) is 7.11 Å². The maximum Gasteiger partial charge on any atom is 0.198 e. The van der Waals surface area contributed by atoms with Crippen molar-refractivity contribution in [2.24, 2.45) is 5.92 Å². The average molecular weight is 482 g/mol. The molecule has 0 aromatic heterocycles. The molecule has 14 nitrogen and oxygen atoms in total. The largest absolute Gasteiger partial charge is 0.387 e. The zero-order chi connectivity index (χ0) is 22.3. The third-order valence-corrected chi connectivity index (χ3v) is 5.67. The number of aliphatic hydroxyl groups excluding tert-OH is 2. The maximum atomic E-state index is 10.7. The Labute approximate surface area is 181 Å². The monoisotopic (exact) mass is 482 g/mol. The van der Waals surface area contributed by atoms with Crippen LogP contribution in [0.1, 0.15) is 20.8 Å². The molecule has 5 unspecified atom stereocenters. The molecular formula is C14H26O14S2. The number of aliphatic hydroxyl groups is 2. The molecule has 2 saturated heterocycles. The Morgan fingerprint density at radius 1 is 0.733 bits per heavy atom. The summed E-state index contributed by atoms with van der Waals surface area (Å²) < 4.78 is 41.3. The summed E-state index contributed by atoms with van der Waals surface area (Å²) in [5, 5.41) is 44.6. The molecular weight excluding hydrogens is 456 g/mol. The van der Waals surface area contributed by atoms with Crippen molar-refractivity contribution in [1.29, 1.82) is 0 Å². The van der Waals surface area contributed by atoms with E-state index in [9.17, 15) is 10.2 Å². The molecule has 16 heteroatoms. The smallest absolute Gasteiger partial charge is 0.198 e. The molecule has 178 valence electrons. The van der Waals surface area contributed by atoms with E-state index in [1.807, 2.05) is 0 Å². The fourth-order valence-electron chi connectivity index (χ4n) is 3.29. The fraction of sp³-hybridized carbons (Fsp3) is 1.00. The van der Waals surface area contributed by atoms with Gasteiger partial charge in [-0.05, 0) is 13.8 Å². The topological polar surface area (TPSA) is 173 Å². The summed E-state index contributed by atoms with van der Waals surface area (Å²) in [6.07, 6.45) is -8.52. The van der Waals surface area contributed by atoms with Gasteiger partial charge in [0.05, 0.1) is 12.2 Å². The van der Waals surface area contributed by atoms with Crippen molar-refractivity contribution in [2.45, 2.75) is 76.1 Å². The summed E-state index contributed by atoms with van der Waals surface area (Å²) in [7, 11) is 1.35. The lowest BCUT2D eigenvalue weighted by molar-refractivity contribution is -0.435. The summed E-state index contributed by atoms with van der Waals surface area (Å²) in [6, 6.07) is 0. The zero-order valence-corrected chi connectivity index (χ0v) is 18.1. The van der Waals surface area contributed by atoms with E-state index in [2.05, 4.69) is 18.7 Å². The van der Waals surface area contributed by atoms with Crippen LogP contribution in [-0.4, -0.2) is 83.1 Å². The first-order valence-corrected chi connectivity index (χ1v) is 10.1. The second-order valence-electron chi connectivity index (χ2n) is 6.64. The fourth-order valence-corrected chi connectivity index (χ4v) is 4.18. The van der Waals surface area contributed by atoms with Gasteiger partial charge in [0.15, 0.2) is 37.2 Å². The Morgan fingerprint density at radius 3 is 1.83 bits per heavy atom. The number of hydrogen-bond donors (Lipinski definition) is 4. The van der Waals surface area contributed by atoms with Crippen molar-refractivity contribution in [1.82, 2.24) is 0 Å². The predicted octanol–water partition coefficient (Wildman–Crippen LogP) is 0.605. The van der Waals surface area contributed by atoms with E-state index in [-0.39, 0.29) is 0 Å². The Hall–Kier alpha value is 0.140. The summed E-state index contributed by atoms with van der Waals surface area (Å²) in [4.78, 5) is 0. The van der Waals surface area contributed by atoms with Gasteiger partial charge in [-0.15, -0.1) is 8.67 Å². The van der Waals surface area contributed by atoms with E-state index in [0.717, 1.165) is 0 Å². The number of methoxy groups -OCH3 is 1. The quantitative estimate of drug-likeness (QED) is 0.139. The molecule has 0 aliphatic carbocycles. The SMILES string of the molecule is CO[C@@H]1OC(C)[C@H](OSOOO)[C@H](O[C@@H]2OC(C)[C@H](OSOOO)C(C)C2O)C1O. The summed E-state index contributed by atoms with van der Waals surface area (Å²) in [5.74, 6) is -0.499. The molecule has 2 aliphatic rings. The van der Waals surface area contributed by atoms with Gasteiger partial charge in [0.1, 0.15) is 30.5 Å². The summed E-state index contributed by atoms with van der Waals surface area (Å²) in [6.45, 7) is 5.02. The van der Waals surface area contributed by atoms with Crippen molar-refractivity contribution in [3.63, 3.8) is 0 Å². The minimum atomic E-state index is -1.31. The first kappa shape index (κ1) is 26.4. The molecule has 0 aromatic rings. The van der Waals surface area contributed by atoms with Gasteiger partial charge in [-0.2, -0.15) is 0 Å². The van der Waals surface area contributed by atoms with Crippen LogP contribution in [0.15, 0.2) is 0 Å². The maximum absolute atomic E-state index is 10.7. The minimum Gasteiger partial charge on any atom is -0.387 e. The van der Waals surface area contributed by atoms with E-state index < -0.39 is 61.2 Å². The second-order valence-corrected chi connectivity index (χ2v) is 7.57. The van der Waals surface area contributed by atoms with Crippen molar-refractivity contribution in [3.8, 4) is 0 Å². The van der Waals surface area contributed by atoms with Gasteiger partial charge >= 0.3 is 0 Å². The van der Waals surface area contributed by atoms with Crippen LogP contribution in [-0.2, 0) is 46.1 Å². The Bertz CT molecular complexity index is 492. The van der Waals surface area contributed by atoms with Gasteiger partial charge in [0.25, 0.3) is 0 Å². The molecule has 2 aliphatic heterocycles. The standard InChI is InChI=1S/C14H26O14S2/c1-5-8(15)14(21-6(2)10(5)23-29-27-25-17)22-12-9(16)13(19-4)20-7(3)11(12)24-30-28-26-18/h5-18H,1-4H3/t5?,6?,7?,8?,9?,10-,11+,12-,13-,14+/m1/s1. The van der Waals surface area contributed by atoms with E-state index in [1.54, 1.807) is 20.8 Å². The molecule has 0 spiro atoms. The molecule has 0 saturated carbocycles. The van der Waals surface area contributed by atoms with Crippen molar-refractivity contribution >= 4 is 24.6 Å². The highest BCUT2D eigenvalue weighted by molar-refractivity contribution is 7.89. The summed E-state index contributed by atoms with van der Waals surface area (Å²) in [5.41, 5.74) is 0. The van der Waals surface area contributed by atoms with E-state index in [0.29, 0.717) is 24.6 Å². The van der Waals surface area contributed by atoms with Crippen LogP contribution < -0.4 is 0 Å². The van der Waals surface area contributed by atoms with Gasteiger partial charge in [-0.1, -0.05) is 17.0 Å². The molecule has 30 heavy (non-hydrogen) atoms. The van der Waals surface area contributed by atoms with Crippen LogP contribution in [0.5, 0.6) is 0 Å².